The molecule has 1 aromatic carbocycles. The fourth-order valence-corrected chi connectivity index (χ4v) is 3.87. The first kappa shape index (κ1) is 17.3. The molecule has 0 spiro atoms. The Kier molecular flexibility index (Phi) is 6.16. The van der Waals surface area contributed by atoms with Crippen molar-refractivity contribution in [1.82, 2.24) is 15.5 Å². The largest absolute Gasteiger partial charge is 0.312 e. The number of rotatable bonds is 5. The van der Waals surface area contributed by atoms with Crippen LogP contribution in [0.2, 0.25) is 0 Å². The maximum Gasteiger partial charge on any atom is 0.148 e. The van der Waals surface area contributed by atoms with Crippen LogP contribution in [0, 0.1) is 3.57 Å². The van der Waals surface area contributed by atoms with Gasteiger partial charge in [-0.2, -0.15) is 0 Å². The number of benzene rings is 1. The Morgan fingerprint density at radius 2 is 2.05 bits per heavy atom. The van der Waals surface area contributed by atoms with E-state index in [1.807, 2.05) is 6.07 Å². The molecule has 0 amide bonds. The summed E-state index contributed by atoms with van der Waals surface area (Å²) in [5.41, 5.74) is 1.33. The molecule has 0 bridgehead atoms. The molecule has 0 aliphatic heterocycles. The first-order chi connectivity index (χ1) is 9.85. The molecule has 1 aromatic heterocycles. The quantitative estimate of drug-likeness (QED) is 0.489. The van der Waals surface area contributed by atoms with Crippen molar-refractivity contribution in [3.63, 3.8) is 0 Å². The van der Waals surface area contributed by atoms with Gasteiger partial charge in [-0.05, 0) is 74.5 Å². The van der Waals surface area contributed by atoms with E-state index < -0.39 is 0 Å². The van der Waals surface area contributed by atoms with Crippen molar-refractivity contribution < 1.29 is 0 Å². The van der Waals surface area contributed by atoms with Crippen LogP contribution in [0.1, 0.15) is 32.2 Å². The van der Waals surface area contributed by atoms with Crippen LogP contribution in [0.15, 0.2) is 22.7 Å². The van der Waals surface area contributed by atoms with Crippen molar-refractivity contribution in [3.8, 4) is 10.6 Å². The zero-order valence-corrected chi connectivity index (χ0v) is 17.0. The molecule has 1 heterocycles. The summed E-state index contributed by atoms with van der Waals surface area (Å²) in [6, 6.07) is 6.24. The van der Waals surface area contributed by atoms with Gasteiger partial charge in [0.2, 0.25) is 0 Å². The number of hydrogen-bond acceptors (Lipinski definition) is 4. The summed E-state index contributed by atoms with van der Waals surface area (Å²) in [5.74, 6) is 0. The van der Waals surface area contributed by atoms with E-state index in [1.54, 1.807) is 11.3 Å². The van der Waals surface area contributed by atoms with Gasteiger partial charge >= 0.3 is 0 Å². The highest BCUT2D eigenvalue weighted by molar-refractivity contribution is 14.1. The lowest BCUT2D eigenvalue weighted by molar-refractivity contribution is 0.422. The van der Waals surface area contributed by atoms with E-state index in [2.05, 4.69) is 86.9 Å². The highest BCUT2D eigenvalue weighted by atomic mass is 127. The lowest BCUT2D eigenvalue weighted by Crippen LogP contribution is -2.36. The Morgan fingerprint density at radius 1 is 1.29 bits per heavy atom. The van der Waals surface area contributed by atoms with Gasteiger partial charge in [-0.1, -0.05) is 27.3 Å². The van der Waals surface area contributed by atoms with Crippen molar-refractivity contribution >= 4 is 49.9 Å². The van der Waals surface area contributed by atoms with Crippen LogP contribution in [0.25, 0.3) is 10.6 Å². The van der Waals surface area contributed by atoms with Gasteiger partial charge in [0.15, 0.2) is 0 Å². The van der Waals surface area contributed by atoms with Crippen LogP contribution in [0.3, 0.4) is 0 Å². The minimum atomic E-state index is 0.179. The summed E-state index contributed by atoms with van der Waals surface area (Å²) in [6.45, 7) is 7.56. The molecule has 6 heteroatoms. The molecular weight excluding hydrogens is 461 g/mol. The van der Waals surface area contributed by atoms with Crippen LogP contribution in [0.4, 0.5) is 0 Å². The Morgan fingerprint density at radius 3 is 2.76 bits per heavy atom. The number of hydrogen-bond donors (Lipinski definition) is 1. The topological polar surface area (TPSA) is 37.8 Å². The second-order valence-electron chi connectivity index (χ2n) is 5.91. The van der Waals surface area contributed by atoms with Gasteiger partial charge in [0.25, 0.3) is 0 Å². The maximum atomic E-state index is 4.34. The third-order valence-corrected chi connectivity index (χ3v) is 5.30. The number of aryl methyl sites for hydroxylation is 1. The molecule has 21 heavy (non-hydrogen) atoms. The molecule has 0 saturated carbocycles. The molecule has 1 N–H and O–H groups in total. The van der Waals surface area contributed by atoms with Crippen LogP contribution < -0.4 is 5.32 Å². The fraction of sp³-hybridized carbons (Fsp3) is 0.467. The minimum Gasteiger partial charge on any atom is -0.312 e. The molecule has 3 nitrogen and oxygen atoms in total. The monoisotopic (exact) mass is 479 g/mol. The van der Waals surface area contributed by atoms with Crippen LogP contribution in [0.5, 0.6) is 0 Å². The van der Waals surface area contributed by atoms with Gasteiger partial charge in [-0.15, -0.1) is 10.2 Å². The second-order valence-corrected chi connectivity index (χ2v) is 9.05. The zero-order valence-electron chi connectivity index (χ0n) is 12.4. The van der Waals surface area contributed by atoms with Gasteiger partial charge in [0.05, 0.1) is 0 Å². The summed E-state index contributed by atoms with van der Waals surface area (Å²) >= 11 is 7.55. The van der Waals surface area contributed by atoms with E-state index >= 15 is 0 Å². The third kappa shape index (κ3) is 5.58. The van der Waals surface area contributed by atoms with Crippen LogP contribution in [-0.2, 0) is 6.42 Å². The molecular formula is C15H19BrIN3S. The standard InChI is InChI=1S/C15H19BrIN3S/c1-15(2,3)18-8-4-5-13-19-20-14(21-13)11-9-10(16)6-7-12(11)17/h6-7,9,18H,4-5,8H2,1-3H3. The third-order valence-electron chi connectivity index (χ3n) is 2.85. The number of nitrogens with one attached hydrogen (secondary N) is 1. The Hall–Kier alpha value is -0.0500. The van der Waals surface area contributed by atoms with E-state index in [-0.39, 0.29) is 5.54 Å². The van der Waals surface area contributed by atoms with Gasteiger partial charge < -0.3 is 5.32 Å². The van der Waals surface area contributed by atoms with Crippen molar-refractivity contribution in [2.24, 2.45) is 0 Å². The van der Waals surface area contributed by atoms with Crippen molar-refractivity contribution in [3.05, 3.63) is 31.2 Å². The highest BCUT2D eigenvalue weighted by Crippen LogP contribution is 2.30. The molecule has 2 aromatic rings. The molecule has 0 aliphatic carbocycles. The normalized spacial score (nSPS) is 11.9. The molecule has 0 atom stereocenters. The van der Waals surface area contributed by atoms with Crippen LogP contribution in [-0.4, -0.2) is 22.3 Å². The number of nitrogens with zero attached hydrogens (tertiary/aromatic N) is 2. The van der Waals surface area contributed by atoms with Crippen molar-refractivity contribution in [1.29, 1.82) is 0 Å². The first-order valence-electron chi connectivity index (χ1n) is 6.88. The van der Waals surface area contributed by atoms with Gasteiger partial charge in [0.1, 0.15) is 10.0 Å². The Bertz CT molecular complexity index is 607. The van der Waals surface area contributed by atoms with E-state index in [0.717, 1.165) is 39.4 Å². The smallest absolute Gasteiger partial charge is 0.148 e. The molecule has 0 radical (unpaired) electrons. The van der Waals surface area contributed by atoms with Crippen molar-refractivity contribution in [2.45, 2.75) is 39.2 Å². The summed E-state index contributed by atoms with van der Waals surface area (Å²) in [4.78, 5) is 0. The van der Waals surface area contributed by atoms with E-state index in [0.29, 0.717) is 0 Å². The Balaban J connectivity index is 1.97. The van der Waals surface area contributed by atoms with E-state index in [1.165, 1.54) is 3.57 Å². The van der Waals surface area contributed by atoms with Gasteiger partial charge in [-0.3, -0.25) is 0 Å². The average molecular weight is 480 g/mol. The molecule has 2 rings (SSSR count). The predicted octanol–water partition coefficient (Wildman–Crippen LogP) is 4.89. The fourth-order valence-electron chi connectivity index (χ4n) is 1.83. The summed E-state index contributed by atoms with van der Waals surface area (Å²) < 4.78 is 2.27. The zero-order chi connectivity index (χ0) is 15.5. The predicted molar refractivity (Wildman–Crippen MR) is 102 cm³/mol. The lowest BCUT2D eigenvalue weighted by atomic mass is 10.1. The summed E-state index contributed by atoms with van der Waals surface area (Å²) in [5, 5.41) is 14.3. The molecule has 0 saturated heterocycles. The maximum absolute atomic E-state index is 4.34. The number of aromatic nitrogens is 2. The SMILES string of the molecule is CC(C)(C)NCCCc1nnc(-c2cc(Br)ccc2I)s1. The summed E-state index contributed by atoms with van der Waals surface area (Å²) in [6.07, 6.45) is 2.06. The molecule has 114 valence electrons. The Labute approximate surface area is 152 Å². The van der Waals surface area contributed by atoms with Crippen LogP contribution >= 0.6 is 49.9 Å². The number of halogens is 2. The average Bonchev–Trinajstić information content (AvgIpc) is 2.85. The highest BCUT2D eigenvalue weighted by Gasteiger charge is 2.11. The first-order valence-corrected chi connectivity index (χ1v) is 9.57. The van der Waals surface area contributed by atoms with E-state index in [9.17, 15) is 0 Å². The molecule has 0 aliphatic rings. The lowest BCUT2D eigenvalue weighted by Gasteiger charge is -2.20. The molecule has 0 unspecified atom stereocenters. The van der Waals surface area contributed by atoms with Crippen molar-refractivity contribution in [2.75, 3.05) is 6.54 Å². The minimum absolute atomic E-state index is 0.179. The molecule has 0 fully saturated rings. The second kappa shape index (κ2) is 7.48. The van der Waals surface area contributed by atoms with E-state index in [4.69, 9.17) is 0 Å². The van der Waals surface area contributed by atoms with Gasteiger partial charge in [-0.25, -0.2) is 0 Å². The summed E-state index contributed by atoms with van der Waals surface area (Å²) in [7, 11) is 0. The van der Waals surface area contributed by atoms with Gasteiger partial charge in [0, 0.05) is 25.6 Å².